The zero-order chi connectivity index (χ0) is 27.7. The summed E-state index contributed by atoms with van der Waals surface area (Å²) in [6.45, 7) is 4.51. The molecule has 0 bridgehead atoms. The predicted molar refractivity (Wildman–Crippen MR) is 159 cm³/mol. The van der Waals surface area contributed by atoms with Crippen LogP contribution in [0.5, 0.6) is 0 Å². The number of rotatable bonds is 26. The average Bonchev–Trinajstić information content (AvgIpc) is 3.23. The minimum Gasteiger partial charge on any atom is -0.458 e. The van der Waals surface area contributed by atoms with Crippen molar-refractivity contribution in [2.24, 2.45) is 5.73 Å². The summed E-state index contributed by atoms with van der Waals surface area (Å²) in [5.74, 6) is -0.349. The second kappa shape index (κ2) is 24.9. The van der Waals surface area contributed by atoms with Crippen molar-refractivity contribution >= 4 is 11.9 Å². The van der Waals surface area contributed by atoms with Crippen molar-refractivity contribution in [1.29, 1.82) is 0 Å². The molecule has 0 spiro atoms. The average molecular weight is 538 g/mol. The summed E-state index contributed by atoms with van der Waals surface area (Å²) in [7, 11) is 0. The van der Waals surface area contributed by atoms with Gasteiger partial charge in [0.05, 0.1) is 0 Å². The molecule has 224 valence electrons. The van der Waals surface area contributed by atoms with E-state index in [1.807, 2.05) is 0 Å². The first-order valence-electron chi connectivity index (χ1n) is 16.7. The number of esters is 2. The Bertz CT molecular complexity index is 519. The van der Waals surface area contributed by atoms with Gasteiger partial charge in [-0.25, -0.2) is 0 Å². The van der Waals surface area contributed by atoms with Crippen LogP contribution in [0.3, 0.4) is 0 Å². The molecular weight excluding hydrogens is 474 g/mol. The van der Waals surface area contributed by atoms with Gasteiger partial charge in [0.25, 0.3) is 0 Å². The molecule has 5 heteroatoms. The number of nitrogens with two attached hydrogens (primary N) is 1. The monoisotopic (exact) mass is 537 g/mol. The number of carbonyl (C=O) groups is 2. The third-order valence-electron chi connectivity index (χ3n) is 8.02. The van der Waals surface area contributed by atoms with Crippen molar-refractivity contribution in [2.45, 2.75) is 199 Å². The van der Waals surface area contributed by atoms with Gasteiger partial charge < -0.3 is 15.2 Å². The van der Waals surface area contributed by atoms with Crippen LogP contribution >= 0.6 is 0 Å². The maximum atomic E-state index is 12.4. The van der Waals surface area contributed by atoms with Gasteiger partial charge in [-0.3, -0.25) is 9.59 Å². The van der Waals surface area contributed by atoms with Crippen LogP contribution in [-0.2, 0) is 19.1 Å². The number of hydrogen-bond acceptors (Lipinski definition) is 5. The topological polar surface area (TPSA) is 78.6 Å². The van der Waals surface area contributed by atoms with Crippen LogP contribution in [0.25, 0.3) is 0 Å². The lowest BCUT2D eigenvalue weighted by Gasteiger charge is -2.20. The van der Waals surface area contributed by atoms with Crippen LogP contribution in [0.4, 0.5) is 0 Å². The lowest BCUT2D eigenvalue weighted by Crippen LogP contribution is -2.30. The Hall–Kier alpha value is -1.10. The van der Waals surface area contributed by atoms with Gasteiger partial charge in [-0.2, -0.15) is 0 Å². The Kier molecular flexibility index (Phi) is 22.9. The molecule has 2 atom stereocenters. The summed E-state index contributed by atoms with van der Waals surface area (Å²) >= 11 is 0. The van der Waals surface area contributed by atoms with Crippen LogP contribution in [0, 0.1) is 0 Å². The van der Waals surface area contributed by atoms with E-state index >= 15 is 0 Å². The van der Waals surface area contributed by atoms with Gasteiger partial charge in [-0.15, -0.1) is 0 Å². The Balaban J connectivity index is 2.05. The van der Waals surface area contributed by atoms with E-state index in [4.69, 9.17) is 15.2 Å². The van der Waals surface area contributed by atoms with Crippen molar-refractivity contribution in [3.05, 3.63) is 0 Å². The largest absolute Gasteiger partial charge is 0.458 e. The molecule has 0 aliphatic heterocycles. The molecule has 38 heavy (non-hydrogen) atoms. The highest BCUT2D eigenvalue weighted by molar-refractivity contribution is 5.70. The molecule has 5 nitrogen and oxygen atoms in total. The fraction of sp³-hybridized carbons (Fsp3) is 0.939. The molecule has 1 aliphatic carbocycles. The van der Waals surface area contributed by atoms with Crippen molar-refractivity contribution in [2.75, 3.05) is 0 Å². The minimum atomic E-state index is -0.383. The maximum Gasteiger partial charge on any atom is 0.306 e. The Morgan fingerprint density at radius 1 is 0.500 bits per heavy atom. The highest BCUT2D eigenvalue weighted by Gasteiger charge is 2.37. The molecule has 2 N–H and O–H groups in total. The number of carbonyl (C=O) groups excluding carboxylic acids is 2. The molecule has 2 unspecified atom stereocenters. The normalized spacial score (nSPS) is 19.1. The van der Waals surface area contributed by atoms with Crippen LogP contribution in [0.1, 0.15) is 181 Å². The summed E-state index contributed by atoms with van der Waals surface area (Å²) in [5.41, 5.74) is 6.11. The molecule has 0 radical (unpaired) electrons. The van der Waals surface area contributed by atoms with Gasteiger partial charge in [0.2, 0.25) is 0 Å². The molecule has 1 rings (SSSR count). The Morgan fingerprint density at radius 2 is 0.763 bits per heavy atom. The number of hydrogen-bond donors (Lipinski definition) is 1. The summed E-state index contributed by atoms with van der Waals surface area (Å²) in [4.78, 5) is 24.8. The number of ether oxygens (including phenoxy) is 2. The smallest absolute Gasteiger partial charge is 0.306 e. The summed E-state index contributed by atoms with van der Waals surface area (Å²) in [6.07, 6.45) is 29.0. The lowest BCUT2D eigenvalue weighted by atomic mass is 10.1. The maximum absolute atomic E-state index is 12.4. The molecular formula is C33H63NO4. The van der Waals surface area contributed by atoms with Gasteiger partial charge in [0.1, 0.15) is 12.2 Å². The van der Waals surface area contributed by atoms with E-state index < -0.39 is 0 Å². The molecule has 0 saturated heterocycles. The van der Waals surface area contributed by atoms with Crippen LogP contribution in [-0.4, -0.2) is 30.2 Å². The third-order valence-corrected chi connectivity index (χ3v) is 8.02. The molecule has 0 aromatic heterocycles. The van der Waals surface area contributed by atoms with Crippen LogP contribution in [0.2, 0.25) is 0 Å². The van der Waals surface area contributed by atoms with Crippen molar-refractivity contribution in [3.63, 3.8) is 0 Å². The van der Waals surface area contributed by atoms with E-state index in [-0.39, 0.29) is 30.2 Å². The van der Waals surface area contributed by atoms with Crippen molar-refractivity contribution in [3.8, 4) is 0 Å². The highest BCUT2D eigenvalue weighted by Crippen LogP contribution is 2.26. The zero-order valence-corrected chi connectivity index (χ0v) is 25.3. The van der Waals surface area contributed by atoms with Gasteiger partial charge in [0, 0.05) is 31.7 Å². The van der Waals surface area contributed by atoms with Crippen LogP contribution in [0.15, 0.2) is 0 Å². The summed E-state index contributed by atoms with van der Waals surface area (Å²) in [6, 6.07) is -0.0745. The quantitative estimate of drug-likeness (QED) is 0.0878. The molecule has 0 aromatic rings. The van der Waals surface area contributed by atoms with Crippen LogP contribution < -0.4 is 5.73 Å². The Labute approximate surface area is 235 Å². The zero-order valence-electron chi connectivity index (χ0n) is 25.3. The fourth-order valence-electron chi connectivity index (χ4n) is 5.57. The van der Waals surface area contributed by atoms with E-state index in [9.17, 15) is 9.59 Å². The fourth-order valence-corrected chi connectivity index (χ4v) is 5.57. The first-order valence-corrected chi connectivity index (χ1v) is 16.7. The van der Waals surface area contributed by atoms with Gasteiger partial charge in [-0.05, 0) is 12.8 Å². The predicted octanol–water partition coefficient (Wildman–Crippen LogP) is 9.33. The number of unbranched alkanes of at least 4 members (excludes halogenated alkanes) is 20. The van der Waals surface area contributed by atoms with E-state index in [2.05, 4.69) is 13.8 Å². The first-order chi connectivity index (χ1) is 18.6. The molecule has 0 amide bonds. The third kappa shape index (κ3) is 19.9. The second-order valence-electron chi connectivity index (χ2n) is 11.9. The first kappa shape index (κ1) is 34.9. The molecule has 1 aliphatic rings. The van der Waals surface area contributed by atoms with Gasteiger partial charge >= 0.3 is 11.9 Å². The van der Waals surface area contributed by atoms with Crippen molar-refractivity contribution < 1.29 is 19.1 Å². The highest BCUT2D eigenvalue weighted by atomic mass is 16.6. The Morgan fingerprint density at radius 3 is 1.05 bits per heavy atom. The second-order valence-corrected chi connectivity index (χ2v) is 11.9. The lowest BCUT2D eigenvalue weighted by molar-refractivity contribution is -0.165. The standard InChI is InChI=1S/C33H63NO4/c1-3-5-7-9-11-13-15-17-19-21-23-25-32(35)37-30-27-29(34)28-31(30)38-33(36)26-24-22-20-18-16-14-12-10-8-6-4-2/h29-31H,3-28,34H2,1-2H3. The van der Waals surface area contributed by atoms with E-state index in [1.54, 1.807) is 0 Å². The van der Waals surface area contributed by atoms with E-state index in [0.29, 0.717) is 25.7 Å². The molecule has 1 saturated carbocycles. The van der Waals surface area contributed by atoms with Crippen molar-refractivity contribution in [1.82, 2.24) is 0 Å². The van der Waals surface area contributed by atoms with E-state index in [1.165, 1.54) is 116 Å². The minimum absolute atomic E-state index is 0.0745. The molecule has 1 fully saturated rings. The van der Waals surface area contributed by atoms with Gasteiger partial charge in [-0.1, -0.05) is 142 Å². The molecule has 0 aromatic carbocycles. The van der Waals surface area contributed by atoms with E-state index in [0.717, 1.165) is 25.7 Å². The molecule has 0 heterocycles. The summed E-state index contributed by atoms with van der Waals surface area (Å²) < 4.78 is 11.4. The summed E-state index contributed by atoms with van der Waals surface area (Å²) in [5, 5.41) is 0. The SMILES string of the molecule is CCCCCCCCCCCCCC(=O)OC1CC(N)CC1OC(=O)CCCCCCCCCCCCC. The van der Waals surface area contributed by atoms with Gasteiger partial charge in [0.15, 0.2) is 0 Å².